The Hall–Kier alpha value is -3.07. The lowest BCUT2D eigenvalue weighted by molar-refractivity contribution is -0.538. The van der Waals surface area contributed by atoms with Gasteiger partial charge in [0.1, 0.15) is 6.20 Å². The number of benzene rings is 3. The van der Waals surface area contributed by atoms with E-state index in [1.54, 1.807) is 0 Å². The van der Waals surface area contributed by atoms with Crippen LogP contribution in [0.3, 0.4) is 0 Å². The third kappa shape index (κ3) is 3.29. The highest BCUT2D eigenvalue weighted by molar-refractivity contribution is 7.05. The van der Waals surface area contributed by atoms with Gasteiger partial charge in [-0.2, -0.15) is 16.4 Å². The molecule has 0 saturated carbocycles. The summed E-state index contributed by atoms with van der Waals surface area (Å²) >= 11 is 0. The molecular formula is C25H27BN2. The van der Waals surface area contributed by atoms with Crippen LogP contribution < -0.4 is 20.9 Å². The number of rotatable bonds is 7. The monoisotopic (exact) mass is 366 g/mol. The highest BCUT2D eigenvalue weighted by Crippen LogP contribution is 2.06. The number of aryl methyl sites for hydroxylation is 1. The van der Waals surface area contributed by atoms with Crippen LogP contribution in [0.15, 0.2) is 110 Å². The second-order valence-electron chi connectivity index (χ2n) is 7.50. The first-order chi connectivity index (χ1) is 13.9. The maximum absolute atomic E-state index is 2.43. The predicted molar refractivity (Wildman–Crippen MR) is 119 cm³/mol. The van der Waals surface area contributed by atoms with Crippen molar-refractivity contribution in [2.24, 2.45) is 0 Å². The summed E-state index contributed by atoms with van der Waals surface area (Å²) < 4.78 is 4.74. The van der Waals surface area contributed by atoms with Crippen molar-refractivity contribution in [3.8, 4) is 0 Å². The Morgan fingerprint density at radius 2 is 1.18 bits per heavy atom. The molecule has 0 atom stereocenters. The Labute approximate surface area is 168 Å². The van der Waals surface area contributed by atoms with E-state index in [9.17, 15) is 0 Å². The standard InChI is InChI=1S/C25H27BN2/c1-2-3-19-27-20-21-28(22-27)26(23-13-7-4-8-14-23,24-15-9-5-10-16-24)25-17-11-6-12-18-25/h4-18,20-22H,2-3,19H2,1H3. The second-order valence-corrected chi connectivity index (χ2v) is 7.50. The van der Waals surface area contributed by atoms with Crippen LogP contribution in [0.4, 0.5) is 0 Å². The van der Waals surface area contributed by atoms with Crippen molar-refractivity contribution in [2.45, 2.75) is 26.3 Å². The molecule has 4 rings (SSSR count). The van der Waals surface area contributed by atoms with E-state index in [1.807, 2.05) is 0 Å². The number of aromatic nitrogens is 2. The molecule has 1 heterocycles. The first-order valence-corrected chi connectivity index (χ1v) is 10.2. The van der Waals surface area contributed by atoms with Gasteiger partial charge in [0.05, 0.1) is 12.7 Å². The SMILES string of the molecule is CCCCn1cc[n+]([B-](c2ccccc2)(c2ccccc2)c2ccccc2)c1. The summed E-state index contributed by atoms with van der Waals surface area (Å²) in [5, 5.41) is 0. The molecule has 1 aromatic heterocycles. The van der Waals surface area contributed by atoms with E-state index in [2.05, 4.69) is 126 Å². The van der Waals surface area contributed by atoms with E-state index in [1.165, 1.54) is 29.2 Å². The Morgan fingerprint density at radius 1 is 0.714 bits per heavy atom. The van der Waals surface area contributed by atoms with Gasteiger partial charge in [0.15, 0.2) is 6.33 Å². The van der Waals surface area contributed by atoms with Crippen molar-refractivity contribution in [2.75, 3.05) is 0 Å². The number of imidazole rings is 1. The van der Waals surface area contributed by atoms with Crippen LogP contribution in [-0.2, 0) is 6.54 Å². The van der Waals surface area contributed by atoms with Crippen molar-refractivity contribution in [1.29, 1.82) is 0 Å². The zero-order chi connectivity index (χ0) is 19.2. The van der Waals surface area contributed by atoms with E-state index < -0.39 is 6.28 Å². The highest BCUT2D eigenvalue weighted by Gasteiger charge is 2.37. The van der Waals surface area contributed by atoms with Gasteiger partial charge in [0.25, 0.3) is 6.28 Å². The smallest absolute Gasteiger partial charge is 0.271 e. The van der Waals surface area contributed by atoms with Crippen molar-refractivity contribution >= 4 is 22.7 Å². The molecule has 0 aliphatic carbocycles. The third-order valence-electron chi connectivity index (χ3n) is 5.77. The fourth-order valence-electron chi connectivity index (χ4n) is 4.40. The summed E-state index contributed by atoms with van der Waals surface area (Å²) in [6, 6.07) is 32.7. The van der Waals surface area contributed by atoms with Crippen LogP contribution in [0.5, 0.6) is 0 Å². The van der Waals surface area contributed by atoms with Crippen LogP contribution in [-0.4, -0.2) is 10.8 Å². The first-order valence-electron chi connectivity index (χ1n) is 10.2. The van der Waals surface area contributed by atoms with Crippen LogP contribution in [0.25, 0.3) is 0 Å². The number of nitrogens with zero attached hydrogens (tertiary/aromatic N) is 2. The average Bonchev–Trinajstić information content (AvgIpc) is 3.24. The van der Waals surface area contributed by atoms with Crippen molar-refractivity contribution < 1.29 is 4.48 Å². The van der Waals surface area contributed by atoms with E-state index in [0.29, 0.717) is 0 Å². The molecule has 0 N–H and O–H groups in total. The van der Waals surface area contributed by atoms with Gasteiger partial charge in [-0.15, -0.1) is 0 Å². The maximum atomic E-state index is 2.43. The maximum Gasteiger partial charge on any atom is 0.271 e. The largest absolute Gasteiger partial charge is 0.422 e. The average molecular weight is 366 g/mol. The molecule has 0 unspecified atom stereocenters. The van der Waals surface area contributed by atoms with Gasteiger partial charge in [-0.25, -0.2) is 4.57 Å². The van der Waals surface area contributed by atoms with Crippen LogP contribution in [0.1, 0.15) is 19.8 Å². The summed E-state index contributed by atoms with van der Waals surface area (Å²) in [5.74, 6) is 0. The van der Waals surface area contributed by atoms with Gasteiger partial charge >= 0.3 is 0 Å². The molecule has 0 fully saturated rings. The van der Waals surface area contributed by atoms with Gasteiger partial charge < -0.3 is 4.48 Å². The summed E-state index contributed by atoms with van der Waals surface area (Å²) in [6.45, 7) is 3.29. The molecule has 0 bridgehead atoms. The minimum absolute atomic E-state index is 1.05. The zero-order valence-corrected chi connectivity index (χ0v) is 16.5. The Morgan fingerprint density at radius 3 is 1.61 bits per heavy atom. The lowest BCUT2D eigenvalue weighted by atomic mass is 9.24. The molecule has 0 amide bonds. The fourth-order valence-corrected chi connectivity index (χ4v) is 4.40. The molecule has 0 radical (unpaired) electrons. The number of hydrogen-bond donors (Lipinski definition) is 0. The van der Waals surface area contributed by atoms with Gasteiger partial charge in [0.2, 0.25) is 0 Å². The summed E-state index contributed by atoms with van der Waals surface area (Å²) in [6.07, 6.45) is 7.80. The van der Waals surface area contributed by atoms with E-state index >= 15 is 0 Å². The molecule has 3 heteroatoms. The van der Waals surface area contributed by atoms with Gasteiger partial charge in [-0.1, -0.05) is 104 Å². The molecular weight excluding hydrogens is 339 g/mol. The summed E-state index contributed by atoms with van der Waals surface area (Å²) in [4.78, 5) is 0. The van der Waals surface area contributed by atoms with Crippen molar-refractivity contribution in [3.63, 3.8) is 0 Å². The normalized spacial score (nSPS) is 11.5. The molecule has 0 spiro atoms. The Bertz CT molecular complexity index is 898. The molecule has 140 valence electrons. The van der Waals surface area contributed by atoms with Gasteiger partial charge in [-0.3, -0.25) is 0 Å². The molecule has 0 aliphatic rings. The summed E-state index contributed by atoms with van der Waals surface area (Å²) in [5.41, 5.74) is 3.95. The lowest BCUT2D eigenvalue weighted by Crippen LogP contribution is -2.84. The zero-order valence-electron chi connectivity index (χ0n) is 16.5. The van der Waals surface area contributed by atoms with E-state index in [-0.39, 0.29) is 0 Å². The van der Waals surface area contributed by atoms with Crippen LogP contribution in [0.2, 0.25) is 0 Å². The highest BCUT2D eigenvalue weighted by atomic mass is 15.1. The molecule has 28 heavy (non-hydrogen) atoms. The molecule has 3 aromatic carbocycles. The van der Waals surface area contributed by atoms with E-state index in [0.717, 1.165) is 6.54 Å². The van der Waals surface area contributed by atoms with Crippen LogP contribution in [0, 0.1) is 0 Å². The molecule has 0 aliphatic heterocycles. The van der Waals surface area contributed by atoms with E-state index in [4.69, 9.17) is 0 Å². The van der Waals surface area contributed by atoms with Crippen molar-refractivity contribution in [1.82, 2.24) is 4.57 Å². The summed E-state index contributed by atoms with van der Waals surface area (Å²) in [7, 11) is 0. The topological polar surface area (TPSA) is 8.81 Å². The van der Waals surface area contributed by atoms with Crippen molar-refractivity contribution in [3.05, 3.63) is 110 Å². The van der Waals surface area contributed by atoms with Crippen LogP contribution >= 0.6 is 0 Å². The third-order valence-corrected chi connectivity index (χ3v) is 5.77. The quantitative estimate of drug-likeness (QED) is 0.445. The Balaban J connectivity index is 2.00. The molecule has 0 saturated heterocycles. The fraction of sp³-hybridized carbons (Fsp3) is 0.160. The molecule has 4 aromatic rings. The number of unbranched alkanes of at least 4 members (excludes halogenated alkanes) is 1. The predicted octanol–water partition coefficient (Wildman–Crippen LogP) is 3.09. The Kier molecular flexibility index (Phi) is 5.43. The number of hydrogen-bond acceptors (Lipinski definition) is 0. The molecule has 2 nitrogen and oxygen atoms in total. The van der Waals surface area contributed by atoms with Gasteiger partial charge in [-0.05, 0) is 6.42 Å². The minimum Gasteiger partial charge on any atom is -0.422 e. The minimum atomic E-state index is -1.32. The lowest BCUT2D eigenvalue weighted by Gasteiger charge is -2.39. The van der Waals surface area contributed by atoms with Gasteiger partial charge in [0, 0.05) is 0 Å². The first kappa shape index (κ1) is 18.3. The second kappa shape index (κ2) is 8.31.